The third-order valence-corrected chi connectivity index (χ3v) is 6.82. The molecule has 118 valence electrons. The number of carbonyl (C=O) groups is 1. The minimum absolute atomic E-state index is 0.0629. The lowest BCUT2D eigenvalue weighted by Gasteiger charge is -2.29. The number of amides is 1. The number of rotatable bonds is 3. The van der Waals surface area contributed by atoms with E-state index in [0.29, 0.717) is 18.1 Å². The highest BCUT2D eigenvalue weighted by Gasteiger charge is 2.34. The molecular weight excluding hydrogens is 316 g/mol. The van der Waals surface area contributed by atoms with Crippen LogP contribution in [0.25, 0.3) is 9.53 Å². The Morgan fingerprint density at radius 1 is 1.32 bits per heavy atom. The fraction of sp³-hybridized carbons (Fsp3) is 0.600. The predicted molar refractivity (Wildman–Crippen MR) is 92.3 cm³/mol. The summed E-state index contributed by atoms with van der Waals surface area (Å²) < 4.78 is 1.10. The van der Waals surface area contributed by atoms with Crippen molar-refractivity contribution in [2.75, 3.05) is 19.0 Å². The normalized spacial score (nSPS) is 27.3. The number of nitrogens with one attached hydrogen (secondary N) is 2. The highest BCUT2D eigenvalue weighted by Crippen LogP contribution is 2.34. The summed E-state index contributed by atoms with van der Waals surface area (Å²) >= 11 is 3.13. The van der Waals surface area contributed by atoms with Crippen LogP contribution in [-0.4, -0.2) is 43.1 Å². The van der Waals surface area contributed by atoms with Crippen LogP contribution in [0.2, 0.25) is 0 Å². The van der Waals surface area contributed by atoms with Crippen LogP contribution in [0.3, 0.4) is 0 Å². The zero-order chi connectivity index (χ0) is 15.3. The first-order valence-corrected chi connectivity index (χ1v) is 9.36. The molecule has 1 amide bonds. The van der Waals surface area contributed by atoms with Gasteiger partial charge in [-0.2, -0.15) is 0 Å². The maximum absolute atomic E-state index is 12.5. The van der Waals surface area contributed by atoms with Gasteiger partial charge in [-0.05, 0) is 31.7 Å². The molecule has 0 saturated carbocycles. The molecule has 2 fully saturated rings. The first-order chi connectivity index (χ1) is 10.6. The van der Waals surface area contributed by atoms with Crippen LogP contribution in [0, 0.1) is 0 Å². The number of thiazole rings is 1. The summed E-state index contributed by atoms with van der Waals surface area (Å²) in [5.41, 5.74) is 0. The lowest BCUT2D eigenvalue weighted by Crippen LogP contribution is -2.47. The van der Waals surface area contributed by atoms with Gasteiger partial charge in [-0.25, -0.2) is 4.98 Å². The van der Waals surface area contributed by atoms with Crippen LogP contribution in [0.15, 0.2) is 6.07 Å². The van der Waals surface area contributed by atoms with Crippen LogP contribution < -0.4 is 15.5 Å². The summed E-state index contributed by atoms with van der Waals surface area (Å²) in [6.07, 6.45) is 4.63. The van der Waals surface area contributed by atoms with E-state index in [1.807, 2.05) is 25.1 Å². The third-order valence-electron chi connectivity index (χ3n) is 4.49. The van der Waals surface area contributed by atoms with E-state index >= 15 is 0 Å². The van der Waals surface area contributed by atoms with Gasteiger partial charge in [0, 0.05) is 32.2 Å². The van der Waals surface area contributed by atoms with E-state index in [4.69, 9.17) is 0 Å². The molecule has 0 spiro atoms. The molecule has 2 aromatic heterocycles. The molecule has 2 aliphatic rings. The van der Waals surface area contributed by atoms with E-state index in [9.17, 15) is 4.79 Å². The van der Waals surface area contributed by atoms with Gasteiger partial charge >= 0.3 is 0 Å². The van der Waals surface area contributed by atoms with Crippen molar-refractivity contribution in [2.24, 2.45) is 0 Å². The standard InChI is InChI=1S/C15H20N4OS2/c1-19(2)15-18-14-12(22-15)7-11(21-14)13(20)17-10-5-8-3-4-9(6-10)16-8/h7-10,16H,3-6H2,1-2H3,(H,17,20). The van der Waals surface area contributed by atoms with Crippen molar-refractivity contribution in [1.82, 2.24) is 15.6 Å². The Morgan fingerprint density at radius 2 is 2.05 bits per heavy atom. The molecule has 2 bridgehead atoms. The van der Waals surface area contributed by atoms with Gasteiger partial charge in [-0.3, -0.25) is 4.79 Å². The van der Waals surface area contributed by atoms with Gasteiger partial charge < -0.3 is 15.5 Å². The summed E-state index contributed by atoms with van der Waals surface area (Å²) in [6, 6.07) is 3.49. The molecule has 2 unspecified atom stereocenters. The topological polar surface area (TPSA) is 57.3 Å². The number of carbonyl (C=O) groups excluding carboxylic acids is 1. The van der Waals surface area contributed by atoms with Gasteiger partial charge in [0.1, 0.15) is 4.83 Å². The molecule has 7 heteroatoms. The summed E-state index contributed by atoms with van der Waals surface area (Å²) in [5, 5.41) is 7.82. The Labute approximate surface area is 137 Å². The monoisotopic (exact) mass is 336 g/mol. The van der Waals surface area contributed by atoms with Crippen molar-refractivity contribution in [3.05, 3.63) is 10.9 Å². The van der Waals surface area contributed by atoms with Gasteiger partial charge in [0.15, 0.2) is 5.13 Å². The number of nitrogens with zero attached hydrogens (tertiary/aromatic N) is 2. The predicted octanol–water partition coefficient (Wildman–Crippen LogP) is 2.44. The average molecular weight is 336 g/mol. The highest BCUT2D eigenvalue weighted by atomic mass is 32.1. The molecule has 0 aliphatic carbocycles. The quantitative estimate of drug-likeness (QED) is 0.904. The van der Waals surface area contributed by atoms with Crippen molar-refractivity contribution in [1.29, 1.82) is 0 Å². The molecule has 2 aromatic rings. The molecule has 0 radical (unpaired) electrons. The van der Waals surface area contributed by atoms with Gasteiger partial charge in [0.05, 0.1) is 9.58 Å². The Balaban J connectivity index is 1.47. The van der Waals surface area contributed by atoms with E-state index in [-0.39, 0.29) is 5.91 Å². The smallest absolute Gasteiger partial charge is 0.261 e. The number of fused-ring (bicyclic) bond motifs is 3. The molecule has 4 rings (SSSR count). The van der Waals surface area contributed by atoms with Crippen molar-refractivity contribution >= 4 is 43.2 Å². The molecule has 4 heterocycles. The zero-order valence-corrected chi connectivity index (χ0v) is 14.4. The van der Waals surface area contributed by atoms with Crippen LogP contribution in [-0.2, 0) is 0 Å². The Morgan fingerprint density at radius 3 is 2.68 bits per heavy atom. The lowest BCUT2D eigenvalue weighted by atomic mass is 10.00. The molecular formula is C15H20N4OS2. The molecule has 2 atom stereocenters. The van der Waals surface area contributed by atoms with E-state index in [1.54, 1.807) is 11.3 Å². The molecule has 0 aromatic carbocycles. The zero-order valence-electron chi connectivity index (χ0n) is 12.8. The van der Waals surface area contributed by atoms with E-state index < -0.39 is 0 Å². The Bertz CT molecular complexity index is 664. The second-order valence-corrected chi connectivity index (χ2v) is 8.49. The van der Waals surface area contributed by atoms with E-state index in [2.05, 4.69) is 15.6 Å². The van der Waals surface area contributed by atoms with Crippen molar-refractivity contribution < 1.29 is 4.79 Å². The van der Waals surface area contributed by atoms with Crippen molar-refractivity contribution in [2.45, 2.75) is 43.8 Å². The minimum atomic E-state index is 0.0629. The average Bonchev–Trinajstić information content (AvgIpc) is 3.11. The first-order valence-electron chi connectivity index (χ1n) is 7.73. The number of hydrogen-bond acceptors (Lipinski definition) is 6. The largest absolute Gasteiger partial charge is 0.354 e. The second kappa shape index (κ2) is 5.47. The molecule has 2 N–H and O–H groups in total. The molecule has 22 heavy (non-hydrogen) atoms. The summed E-state index contributed by atoms with van der Waals surface area (Å²) in [5.74, 6) is 0.0629. The van der Waals surface area contributed by atoms with Gasteiger partial charge in [-0.1, -0.05) is 11.3 Å². The minimum Gasteiger partial charge on any atom is -0.354 e. The Kier molecular flexibility index (Phi) is 3.58. The van der Waals surface area contributed by atoms with Crippen molar-refractivity contribution in [3.63, 3.8) is 0 Å². The fourth-order valence-electron chi connectivity index (χ4n) is 3.46. The molecule has 2 aliphatic heterocycles. The number of anilines is 1. The number of piperidine rings is 1. The van der Waals surface area contributed by atoms with Gasteiger partial charge in [0.25, 0.3) is 5.91 Å². The van der Waals surface area contributed by atoms with Gasteiger partial charge in [-0.15, -0.1) is 11.3 Å². The number of aromatic nitrogens is 1. The van der Waals surface area contributed by atoms with Gasteiger partial charge in [0.2, 0.25) is 0 Å². The maximum atomic E-state index is 12.5. The summed E-state index contributed by atoms with van der Waals surface area (Å²) in [6.45, 7) is 0. The van der Waals surface area contributed by atoms with Crippen molar-refractivity contribution in [3.8, 4) is 0 Å². The van der Waals surface area contributed by atoms with Crippen LogP contribution in [0.5, 0.6) is 0 Å². The van der Waals surface area contributed by atoms with E-state index in [1.165, 1.54) is 24.2 Å². The summed E-state index contributed by atoms with van der Waals surface area (Å²) in [7, 11) is 3.98. The van der Waals surface area contributed by atoms with Crippen LogP contribution >= 0.6 is 22.7 Å². The number of thiophene rings is 1. The second-order valence-electron chi connectivity index (χ2n) is 6.45. The highest BCUT2D eigenvalue weighted by molar-refractivity contribution is 7.29. The summed E-state index contributed by atoms with van der Waals surface area (Å²) in [4.78, 5) is 20.8. The molecule has 5 nitrogen and oxygen atoms in total. The maximum Gasteiger partial charge on any atom is 0.261 e. The first kappa shape index (κ1) is 14.4. The SMILES string of the molecule is CN(C)c1nc2sc(C(=O)NC3CC4CCC(C3)N4)cc2s1. The van der Waals surface area contributed by atoms with Crippen LogP contribution in [0.4, 0.5) is 5.13 Å². The number of hydrogen-bond donors (Lipinski definition) is 2. The van der Waals surface area contributed by atoms with E-state index in [0.717, 1.165) is 32.4 Å². The lowest BCUT2D eigenvalue weighted by molar-refractivity contribution is 0.0928. The van der Waals surface area contributed by atoms with Crippen LogP contribution in [0.1, 0.15) is 35.4 Å². The molecule has 2 saturated heterocycles. The fourth-order valence-corrected chi connectivity index (χ4v) is 5.50. The third kappa shape index (κ3) is 2.61. The Hall–Kier alpha value is -1.18.